The fraction of sp³-hybridized carbons (Fsp3) is 0.421. The summed E-state index contributed by atoms with van der Waals surface area (Å²) in [7, 11) is 0. The number of fused-ring (bicyclic) bond motifs is 1. The SMILES string of the molecule is CCOC(=O)c1ccc2c(c1)C(n1[nH]c(=O)ccc1=O)C(C)(O)C(C)(C)O2. The molecule has 0 saturated heterocycles. The molecule has 2 aromatic rings. The molecular weight excluding hydrogens is 352 g/mol. The predicted molar refractivity (Wildman–Crippen MR) is 97.2 cm³/mol. The summed E-state index contributed by atoms with van der Waals surface area (Å²) >= 11 is 0. The minimum atomic E-state index is -1.58. The van der Waals surface area contributed by atoms with Crippen LogP contribution in [0.3, 0.4) is 0 Å². The van der Waals surface area contributed by atoms with Gasteiger partial charge in [-0.1, -0.05) is 0 Å². The van der Waals surface area contributed by atoms with Gasteiger partial charge in [-0.2, -0.15) is 0 Å². The van der Waals surface area contributed by atoms with Crippen LogP contribution in [0.25, 0.3) is 0 Å². The van der Waals surface area contributed by atoms with Crippen LogP contribution in [0.15, 0.2) is 39.9 Å². The Balaban J connectivity index is 2.28. The molecule has 144 valence electrons. The Hall–Kier alpha value is -2.87. The van der Waals surface area contributed by atoms with Crippen molar-refractivity contribution in [3.8, 4) is 5.75 Å². The van der Waals surface area contributed by atoms with E-state index in [9.17, 15) is 19.5 Å². The standard InChI is InChI=1S/C19H22N2O6/c1-5-26-17(24)11-6-7-13-12(10-11)16(19(4,25)18(2,3)27-13)21-15(23)9-8-14(22)20-21/h6-10,16,25H,5H2,1-4H3,(H,20,22). The number of nitrogens with one attached hydrogen (secondary N) is 1. The van der Waals surface area contributed by atoms with Gasteiger partial charge in [0.15, 0.2) is 0 Å². The molecule has 1 aromatic carbocycles. The molecule has 0 saturated carbocycles. The van der Waals surface area contributed by atoms with E-state index < -0.39 is 34.3 Å². The van der Waals surface area contributed by atoms with Crippen molar-refractivity contribution in [3.63, 3.8) is 0 Å². The Morgan fingerprint density at radius 2 is 1.96 bits per heavy atom. The first kappa shape index (κ1) is 18.9. The van der Waals surface area contributed by atoms with Crippen molar-refractivity contribution >= 4 is 5.97 Å². The zero-order valence-electron chi connectivity index (χ0n) is 15.6. The predicted octanol–water partition coefficient (Wildman–Crippen LogP) is 1.22. The van der Waals surface area contributed by atoms with Gasteiger partial charge in [0, 0.05) is 17.7 Å². The lowest BCUT2D eigenvalue weighted by Gasteiger charge is -2.49. The largest absolute Gasteiger partial charge is 0.484 e. The van der Waals surface area contributed by atoms with Crippen LogP contribution in [0, 0.1) is 0 Å². The molecule has 0 spiro atoms. The zero-order valence-corrected chi connectivity index (χ0v) is 15.6. The van der Waals surface area contributed by atoms with Crippen molar-refractivity contribution in [2.75, 3.05) is 6.61 Å². The number of nitrogens with zero attached hydrogens (tertiary/aromatic N) is 1. The number of esters is 1. The second kappa shape index (κ2) is 6.38. The third-order valence-corrected chi connectivity index (χ3v) is 5.04. The number of aromatic nitrogens is 2. The second-order valence-electron chi connectivity index (χ2n) is 7.15. The first-order valence-electron chi connectivity index (χ1n) is 8.63. The average molecular weight is 374 g/mol. The summed E-state index contributed by atoms with van der Waals surface area (Å²) < 4.78 is 12.0. The smallest absolute Gasteiger partial charge is 0.338 e. The summed E-state index contributed by atoms with van der Waals surface area (Å²) in [4.78, 5) is 36.4. The number of rotatable bonds is 3. The lowest BCUT2D eigenvalue weighted by atomic mass is 9.75. The number of hydrogen-bond donors (Lipinski definition) is 2. The molecule has 0 radical (unpaired) electrons. The van der Waals surface area contributed by atoms with Crippen molar-refractivity contribution in [1.82, 2.24) is 9.78 Å². The lowest BCUT2D eigenvalue weighted by Crippen LogP contribution is -2.61. The molecule has 2 unspecified atom stereocenters. The molecule has 0 fully saturated rings. The summed E-state index contributed by atoms with van der Waals surface area (Å²) in [6, 6.07) is 5.93. The highest BCUT2D eigenvalue weighted by atomic mass is 16.5. The van der Waals surface area contributed by atoms with Crippen LogP contribution in [-0.4, -0.2) is 38.7 Å². The van der Waals surface area contributed by atoms with Crippen molar-refractivity contribution in [1.29, 1.82) is 0 Å². The van der Waals surface area contributed by atoms with Crippen molar-refractivity contribution in [2.24, 2.45) is 0 Å². The van der Waals surface area contributed by atoms with Gasteiger partial charge in [0.25, 0.3) is 11.1 Å². The Labute approximate surface area is 155 Å². The molecule has 27 heavy (non-hydrogen) atoms. The molecule has 0 bridgehead atoms. The van der Waals surface area contributed by atoms with Gasteiger partial charge in [-0.25, -0.2) is 9.48 Å². The van der Waals surface area contributed by atoms with Crippen LogP contribution in [0.2, 0.25) is 0 Å². The van der Waals surface area contributed by atoms with Gasteiger partial charge in [-0.05, 0) is 45.9 Å². The van der Waals surface area contributed by atoms with Crippen LogP contribution in [0.5, 0.6) is 5.75 Å². The fourth-order valence-electron chi connectivity index (χ4n) is 3.23. The molecule has 0 amide bonds. The Morgan fingerprint density at radius 3 is 2.63 bits per heavy atom. The second-order valence-corrected chi connectivity index (χ2v) is 7.15. The van der Waals surface area contributed by atoms with E-state index in [1.54, 1.807) is 32.9 Å². The van der Waals surface area contributed by atoms with Gasteiger partial charge in [0.05, 0.1) is 12.2 Å². The first-order chi connectivity index (χ1) is 12.6. The summed E-state index contributed by atoms with van der Waals surface area (Å²) in [5, 5.41) is 13.8. The molecule has 0 aliphatic carbocycles. The van der Waals surface area contributed by atoms with Crippen LogP contribution in [-0.2, 0) is 4.74 Å². The van der Waals surface area contributed by atoms with Gasteiger partial charge in [0.2, 0.25) is 0 Å². The van der Waals surface area contributed by atoms with Gasteiger partial charge < -0.3 is 14.6 Å². The highest BCUT2D eigenvalue weighted by Crippen LogP contribution is 2.47. The van der Waals surface area contributed by atoms with E-state index in [1.165, 1.54) is 13.0 Å². The molecule has 8 nitrogen and oxygen atoms in total. The maximum atomic E-state index is 12.4. The Morgan fingerprint density at radius 1 is 1.26 bits per heavy atom. The molecule has 8 heteroatoms. The average Bonchev–Trinajstić information content (AvgIpc) is 2.58. The van der Waals surface area contributed by atoms with Gasteiger partial charge >= 0.3 is 5.97 Å². The molecule has 3 rings (SSSR count). The van der Waals surface area contributed by atoms with E-state index in [0.717, 1.165) is 16.8 Å². The van der Waals surface area contributed by atoms with Crippen LogP contribution >= 0.6 is 0 Å². The van der Waals surface area contributed by atoms with Crippen LogP contribution in [0.1, 0.15) is 49.7 Å². The van der Waals surface area contributed by atoms with E-state index >= 15 is 0 Å². The number of benzene rings is 1. The number of ether oxygens (including phenoxy) is 2. The Kier molecular flexibility index (Phi) is 4.47. The molecule has 2 atom stereocenters. The maximum absolute atomic E-state index is 12.4. The van der Waals surface area contributed by atoms with Crippen molar-refractivity contribution < 1.29 is 19.4 Å². The number of carbonyl (C=O) groups excluding carboxylic acids is 1. The third-order valence-electron chi connectivity index (χ3n) is 5.04. The summed E-state index contributed by atoms with van der Waals surface area (Å²) in [6.07, 6.45) is 0. The highest BCUT2D eigenvalue weighted by molar-refractivity contribution is 5.90. The summed E-state index contributed by atoms with van der Waals surface area (Å²) in [5.74, 6) is -0.126. The number of H-pyrrole nitrogens is 1. The minimum absolute atomic E-state index is 0.214. The summed E-state index contributed by atoms with van der Waals surface area (Å²) in [5.41, 5.74) is -2.99. The Bertz CT molecular complexity index is 1000. The minimum Gasteiger partial charge on any atom is -0.484 e. The first-order valence-corrected chi connectivity index (χ1v) is 8.63. The molecule has 2 heterocycles. The van der Waals surface area contributed by atoms with E-state index in [0.29, 0.717) is 11.3 Å². The maximum Gasteiger partial charge on any atom is 0.338 e. The number of carbonyl (C=O) groups is 1. The zero-order chi connectivity index (χ0) is 20.0. The van der Waals surface area contributed by atoms with Crippen LogP contribution in [0.4, 0.5) is 0 Å². The van der Waals surface area contributed by atoms with Gasteiger partial charge in [-0.3, -0.25) is 14.7 Å². The summed E-state index contributed by atoms with van der Waals surface area (Å²) in [6.45, 7) is 6.81. The monoisotopic (exact) mass is 374 g/mol. The molecular formula is C19H22N2O6. The van der Waals surface area contributed by atoms with Crippen LogP contribution < -0.4 is 15.9 Å². The number of hydrogen-bond acceptors (Lipinski definition) is 6. The normalized spacial score (nSPS) is 23.2. The molecule has 1 aromatic heterocycles. The molecule has 1 aliphatic rings. The van der Waals surface area contributed by atoms with E-state index in [-0.39, 0.29) is 12.2 Å². The van der Waals surface area contributed by atoms with E-state index in [2.05, 4.69) is 5.10 Å². The van der Waals surface area contributed by atoms with E-state index in [4.69, 9.17) is 9.47 Å². The topological polar surface area (TPSA) is 111 Å². The van der Waals surface area contributed by atoms with Crippen molar-refractivity contribution in [2.45, 2.75) is 44.9 Å². The van der Waals surface area contributed by atoms with Gasteiger partial charge in [-0.15, -0.1) is 0 Å². The molecule has 1 aliphatic heterocycles. The van der Waals surface area contributed by atoms with E-state index in [1.807, 2.05) is 0 Å². The quantitative estimate of drug-likeness (QED) is 0.782. The fourth-order valence-corrected chi connectivity index (χ4v) is 3.23. The molecule has 2 N–H and O–H groups in total. The third kappa shape index (κ3) is 3.06. The van der Waals surface area contributed by atoms with Crippen molar-refractivity contribution in [3.05, 3.63) is 62.2 Å². The highest BCUT2D eigenvalue weighted by Gasteiger charge is 2.54. The lowest BCUT2D eigenvalue weighted by molar-refractivity contribution is -0.141. The number of aromatic amines is 1. The van der Waals surface area contributed by atoms with Gasteiger partial charge in [0.1, 0.15) is 23.0 Å². The number of aliphatic hydroxyl groups is 1.